The largest absolute Gasteiger partial charge is 0.478 e. The molecule has 0 atom stereocenters. The number of benzene rings is 1. The summed E-state index contributed by atoms with van der Waals surface area (Å²) in [5.74, 6) is 0.990. The maximum Gasteiger partial charge on any atom is 0.339 e. The Morgan fingerprint density at radius 1 is 1.19 bits per heavy atom. The molecule has 2 heterocycles. The van der Waals surface area contributed by atoms with Crippen molar-refractivity contribution in [2.75, 3.05) is 5.75 Å². The zero-order chi connectivity index (χ0) is 14.9. The molecule has 108 valence electrons. The van der Waals surface area contributed by atoms with Crippen molar-refractivity contribution in [3.63, 3.8) is 0 Å². The summed E-state index contributed by atoms with van der Waals surface area (Å²) in [6.07, 6.45) is 7.97. The van der Waals surface area contributed by atoms with Crippen molar-refractivity contribution >= 4 is 17.7 Å². The van der Waals surface area contributed by atoms with Crippen molar-refractivity contribution in [2.24, 2.45) is 0 Å². The zero-order valence-electron chi connectivity index (χ0n) is 11.2. The van der Waals surface area contributed by atoms with Crippen molar-refractivity contribution < 1.29 is 14.6 Å². The van der Waals surface area contributed by atoms with Crippen LogP contribution in [0.25, 0.3) is 0 Å². The van der Waals surface area contributed by atoms with Crippen LogP contribution in [0.1, 0.15) is 10.4 Å². The number of aromatic amines is 1. The van der Waals surface area contributed by atoms with Crippen LogP contribution in [0.3, 0.4) is 0 Å². The quantitative estimate of drug-likeness (QED) is 0.887. The van der Waals surface area contributed by atoms with E-state index in [0.29, 0.717) is 11.6 Å². The van der Waals surface area contributed by atoms with Crippen LogP contribution < -0.4 is 4.74 Å². The summed E-state index contributed by atoms with van der Waals surface area (Å²) in [6, 6.07) is 10.00. The number of allylic oxidation sites excluding steroid dienone is 2. The van der Waals surface area contributed by atoms with E-state index in [1.807, 2.05) is 17.8 Å². The van der Waals surface area contributed by atoms with E-state index in [0.717, 1.165) is 5.75 Å². The van der Waals surface area contributed by atoms with Gasteiger partial charge in [-0.05, 0) is 23.6 Å². The molecule has 0 aliphatic carbocycles. The molecule has 3 rings (SSSR count). The second-order valence-electron chi connectivity index (χ2n) is 4.03. The minimum atomic E-state index is -1.00. The molecule has 0 fully saturated rings. The van der Waals surface area contributed by atoms with Crippen LogP contribution in [0.2, 0.25) is 0 Å². The minimum Gasteiger partial charge on any atom is -0.478 e. The monoisotopic (exact) mass is 301 g/mol. The molecule has 2 N–H and O–H groups in total. The highest BCUT2D eigenvalue weighted by molar-refractivity contribution is 8.02. The number of rotatable bonds is 3. The number of aromatic carboxylic acids is 1. The fourth-order valence-corrected chi connectivity index (χ4v) is 2.11. The molecule has 0 spiro atoms. The van der Waals surface area contributed by atoms with Crippen LogP contribution in [0.5, 0.6) is 11.6 Å². The Hall–Kier alpha value is -2.40. The summed E-state index contributed by atoms with van der Waals surface area (Å²) < 4.78 is 5.37. The number of H-pyrrole nitrogens is 1. The number of thioether (sulfide) groups is 1. The molecule has 1 aliphatic heterocycles. The van der Waals surface area contributed by atoms with Gasteiger partial charge < -0.3 is 14.8 Å². The number of carboxylic acids is 1. The number of hydrogen-bond donors (Lipinski definition) is 2. The fourth-order valence-electron chi connectivity index (χ4n) is 1.57. The van der Waals surface area contributed by atoms with Crippen molar-refractivity contribution in [1.82, 2.24) is 4.98 Å². The maximum absolute atomic E-state index is 10.9. The van der Waals surface area contributed by atoms with Gasteiger partial charge in [0.25, 0.3) is 0 Å². The molecule has 0 unspecified atom stereocenters. The Labute approximate surface area is 127 Å². The van der Waals surface area contributed by atoms with Crippen molar-refractivity contribution in [2.45, 2.75) is 0 Å². The number of carboxylic acid groups (broad SMARTS) is 1. The normalized spacial score (nSPS) is 12.4. The minimum absolute atomic E-state index is 0.145. The predicted molar refractivity (Wildman–Crippen MR) is 85.0 cm³/mol. The third-order valence-corrected chi connectivity index (χ3v) is 3.26. The smallest absolute Gasteiger partial charge is 0.339 e. The number of nitrogens with one attached hydrogen (secondary N) is 1. The number of ether oxygens (including phenoxy) is 1. The van der Waals surface area contributed by atoms with Gasteiger partial charge in [-0.25, -0.2) is 4.79 Å². The van der Waals surface area contributed by atoms with Crippen molar-refractivity contribution in [3.8, 4) is 11.6 Å². The number of hydrogen-bond acceptors (Lipinski definition) is 3. The zero-order valence-corrected chi connectivity index (χ0v) is 12.0. The van der Waals surface area contributed by atoms with E-state index in [1.165, 1.54) is 6.07 Å². The van der Waals surface area contributed by atoms with Crippen molar-refractivity contribution in [3.05, 3.63) is 71.8 Å². The molecule has 21 heavy (non-hydrogen) atoms. The first-order chi connectivity index (χ1) is 10.3. The number of para-hydroxylation sites is 1. The van der Waals surface area contributed by atoms with E-state index in [1.54, 1.807) is 36.5 Å². The molecule has 1 aromatic heterocycles. The molecule has 5 heteroatoms. The van der Waals surface area contributed by atoms with Crippen molar-refractivity contribution in [1.29, 1.82) is 0 Å². The van der Waals surface area contributed by atoms with Gasteiger partial charge in [-0.2, -0.15) is 0 Å². The standard InChI is InChI=1S/C11H9NO3.C5H6S/c13-11(14)8-4-1-2-5-9(8)15-10-6-3-7-12-10;1-2-4-6-5-3-1/h1-7,12H,(H,13,14);1-4H,5H2. The van der Waals surface area contributed by atoms with E-state index < -0.39 is 5.97 Å². The number of aromatic nitrogens is 1. The molecule has 1 aliphatic rings. The fraction of sp³-hybridized carbons (Fsp3) is 0.0625. The summed E-state index contributed by atoms with van der Waals surface area (Å²) in [6.45, 7) is 0. The first kappa shape index (κ1) is 15.0. The van der Waals surface area contributed by atoms with E-state index in [2.05, 4.69) is 22.5 Å². The lowest BCUT2D eigenvalue weighted by Crippen LogP contribution is -1.99. The molecular weight excluding hydrogens is 286 g/mol. The first-order valence-corrected chi connectivity index (χ1v) is 7.39. The van der Waals surface area contributed by atoms with E-state index in [4.69, 9.17) is 9.84 Å². The second kappa shape index (κ2) is 8.01. The molecular formula is C16H15NO3S. The van der Waals surface area contributed by atoms with Crippen LogP contribution >= 0.6 is 11.8 Å². The Kier molecular flexibility index (Phi) is 5.72. The molecule has 0 saturated heterocycles. The lowest BCUT2D eigenvalue weighted by molar-refractivity contribution is 0.0694. The van der Waals surface area contributed by atoms with Gasteiger partial charge in [-0.1, -0.05) is 30.4 Å². The summed E-state index contributed by atoms with van der Waals surface area (Å²) in [7, 11) is 0. The average molecular weight is 301 g/mol. The van der Waals surface area contributed by atoms with Gasteiger partial charge in [0.05, 0.1) is 0 Å². The van der Waals surface area contributed by atoms with E-state index >= 15 is 0 Å². The molecule has 0 radical (unpaired) electrons. The maximum atomic E-state index is 10.9. The highest BCUT2D eigenvalue weighted by atomic mass is 32.2. The predicted octanol–water partition coefficient (Wildman–Crippen LogP) is 4.31. The lowest BCUT2D eigenvalue weighted by Gasteiger charge is -2.05. The van der Waals surface area contributed by atoms with Crippen LogP contribution in [0, 0.1) is 0 Å². The molecule has 4 nitrogen and oxygen atoms in total. The summed E-state index contributed by atoms with van der Waals surface area (Å²) in [5.41, 5.74) is 0.145. The average Bonchev–Trinajstić information content (AvgIpc) is 3.03. The summed E-state index contributed by atoms with van der Waals surface area (Å²) in [4.78, 5) is 13.7. The lowest BCUT2D eigenvalue weighted by atomic mass is 10.2. The van der Waals surface area contributed by atoms with Gasteiger partial charge in [-0.15, -0.1) is 11.8 Å². The molecule has 2 aromatic rings. The third kappa shape index (κ3) is 4.89. The highest BCUT2D eigenvalue weighted by Crippen LogP contribution is 2.23. The molecule has 0 bridgehead atoms. The van der Waals surface area contributed by atoms with Crippen LogP contribution in [0.15, 0.2) is 66.2 Å². The first-order valence-electron chi connectivity index (χ1n) is 6.34. The molecule has 0 amide bonds. The molecule has 0 saturated carbocycles. The Morgan fingerprint density at radius 2 is 2.05 bits per heavy atom. The SMILES string of the molecule is C1=CCSC=C1.O=C(O)c1ccccc1Oc1ccc[nH]1. The second-order valence-corrected chi connectivity index (χ2v) is 4.97. The van der Waals surface area contributed by atoms with Crippen LogP contribution in [0.4, 0.5) is 0 Å². The van der Waals surface area contributed by atoms with Gasteiger partial charge in [0.15, 0.2) is 5.88 Å². The van der Waals surface area contributed by atoms with Gasteiger partial charge >= 0.3 is 5.97 Å². The van der Waals surface area contributed by atoms with E-state index in [9.17, 15) is 4.79 Å². The third-order valence-electron chi connectivity index (χ3n) is 2.52. The van der Waals surface area contributed by atoms with Gasteiger partial charge in [-0.3, -0.25) is 0 Å². The van der Waals surface area contributed by atoms with Gasteiger partial charge in [0.2, 0.25) is 0 Å². The Bertz CT molecular complexity index is 621. The van der Waals surface area contributed by atoms with E-state index in [-0.39, 0.29) is 5.56 Å². The van der Waals surface area contributed by atoms with Crippen LogP contribution in [-0.4, -0.2) is 21.8 Å². The number of carbonyl (C=O) groups is 1. The van der Waals surface area contributed by atoms with Crippen LogP contribution in [-0.2, 0) is 0 Å². The van der Waals surface area contributed by atoms with Gasteiger partial charge in [0, 0.05) is 18.0 Å². The topological polar surface area (TPSA) is 62.3 Å². The van der Waals surface area contributed by atoms with Gasteiger partial charge in [0.1, 0.15) is 11.3 Å². The summed E-state index contributed by atoms with van der Waals surface area (Å²) in [5, 5.41) is 11.0. The Morgan fingerprint density at radius 3 is 2.57 bits per heavy atom. The highest BCUT2D eigenvalue weighted by Gasteiger charge is 2.10. The molecule has 1 aromatic carbocycles. The summed E-state index contributed by atoms with van der Waals surface area (Å²) >= 11 is 1.83. The Balaban J connectivity index is 0.000000225.